The minimum atomic E-state index is -0.454. The first-order chi connectivity index (χ1) is 7.72. The van der Waals surface area contributed by atoms with E-state index in [1.165, 1.54) is 7.11 Å². The fourth-order valence-corrected chi connectivity index (χ4v) is 1.94. The van der Waals surface area contributed by atoms with E-state index >= 15 is 0 Å². The van der Waals surface area contributed by atoms with Crippen LogP contribution in [-0.4, -0.2) is 31.2 Å². The maximum Gasteiger partial charge on any atom is 0.375 e. The third-order valence-electron chi connectivity index (χ3n) is 2.87. The molecule has 2 heterocycles. The highest BCUT2D eigenvalue weighted by Crippen LogP contribution is 2.26. The Morgan fingerprint density at radius 1 is 1.50 bits per heavy atom. The fraction of sp³-hybridized carbons (Fsp3) is 0.636. The third-order valence-corrected chi connectivity index (χ3v) is 2.87. The Kier molecular flexibility index (Phi) is 3.24. The molecule has 0 aliphatic carbocycles. The molecule has 0 bridgehead atoms. The molecule has 0 unspecified atom stereocenters. The molecule has 88 valence electrons. The minimum Gasteiger partial charge on any atom is -0.463 e. The number of oxazole rings is 1. The van der Waals surface area contributed by atoms with E-state index < -0.39 is 5.97 Å². The molecular weight excluding hydrogens is 208 g/mol. The number of aromatic nitrogens is 1. The number of nitrogens with one attached hydrogen (secondary N) is 1. The first kappa shape index (κ1) is 11.1. The highest BCUT2D eigenvalue weighted by atomic mass is 16.5. The lowest BCUT2D eigenvalue weighted by molar-refractivity contribution is 0.0561. The van der Waals surface area contributed by atoms with Gasteiger partial charge in [-0.25, -0.2) is 9.78 Å². The molecule has 0 spiro atoms. The molecule has 0 aromatic carbocycles. The monoisotopic (exact) mass is 224 g/mol. The minimum absolute atomic E-state index is 0.232. The van der Waals surface area contributed by atoms with Gasteiger partial charge in [0.05, 0.1) is 12.8 Å². The van der Waals surface area contributed by atoms with Gasteiger partial charge in [0.1, 0.15) is 0 Å². The SMILES string of the molecule is COC(=O)c1oc(C2CCNCC2)nc1C. The van der Waals surface area contributed by atoms with Crippen LogP contribution in [0.2, 0.25) is 0 Å². The van der Waals surface area contributed by atoms with Gasteiger partial charge in [0.2, 0.25) is 5.76 Å². The summed E-state index contributed by atoms with van der Waals surface area (Å²) in [6.45, 7) is 3.71. The molecule has 0 amide bonds. The van der Waals surface area contributed by atoms with Crippen molar-refractivity contribution in [1.82, 2.24) is 10.3 Å². The lowest BCUT2D eigenvalue weighted by Gasteiger charge is -2.19. The third kappa shape index (κ3) is 2.09. The van der Waals surface area contributed by atoms with Crippen LogP contribution in [0.5, 0.6) is 0 Å². The van der Waals surface area contributed by atoms with Crippen LogP contribution in [0.15, 0.2) is 4.42 Å². The van der Waals surface area contributed by atoms with Gasteiger partial charge in [-0.3, -0.25) is 0 Å². The van der Waals surface area contributed by atoms with Gasteiger partial charge in [-0.05, 0) is 32.9 Å². The summed E-state index contributed by atoms with van der Waals surface area (Å²) in [5.41, 5.74) is 0.611. The Labute approximate surface area is 94.2 Å². The van der Waals surface area contributed by atoms with Crippen molar-refractivity contribution in [2.24, 2.45) is 0 Å². The second kappa shape index (κ2) is 4.65. The summed E-state index contributed by atoms with van der Waals surface area (Å²) in [5, 5.41) is 3.28. The maximum absolute atomic E-state index is 11.4. The van der Waals surface area contributed by atoms with E-state index in [1.807, 2.05) is 0 Å². The van der Waals surface area contributed by atoms with E-state index in [4.69, 9.17) is 4.42 Å². The summed E-state index contributed by atoms with van der Waals surface area (Å²) in [5.74, 6) is 0.763. The standard InChI is InChI=1S/C11H16N2O3/c1-7-9(11(14)15-2)16-10(13-7)8-3-5-12-6-4-8/h8,12H,3-6H2,1-2H3. The lowest BCUT2D eigenvalue weighted by Crippen LogP contribution is -2.26. The average molecular weight is 224 g/mol. The number of esters is 1. The van der Waals surface area contributed by atoms with Gasteiger partial charge in [-0.15, -0.1) is 0 Å². The van der Waals surface area contributed by atoms with Gasteiger partial charge in [0, 0.05) is 5.92 Å². The first-order valence-electron chi connectivity index (χ1n) is 5.48. The molecule has 5 heteroatoms. The Bertz CT molecular complexity index is 381. The predicted molar refractivity (Wildman–Crippen MR) is 57.4 cm³/mol. The highest BCUT2D eigenvalue weighted by Gasteiger charge is 2.24. The maximum atomic E-state index is 11.4. The summed E-state index contributed by atoms with van der Waals surface area (Å²) >= 11 is 0. The van der Waals surface area contributed by atoms with E-state index in [2.05, 4.69) is 15.0 Å². The van der Waals surface area contributed by atoms with Gasteiger partial charge in [-0.1, -0.05) is 0 Å². The van der Waals surface area contributed by atoms with Crippen molar-refractivity contribution in [3.8, 4) is 0 Å². The van der Waals surface area contributed by atoms with Gasteiger partial charge in [0.25, 0.3) is 0 Å². The number of carbonyl (C=O) groups excluding carboxylic acids is 1. The van der Waals surface area contributed by atoms with Crippen LogP contribution in [0.4, 0.5) is 0 Å². The summed E-state index contributed by atoms with van der Waals surface area (Å²) in [6, 6.07) is 0. The van der Waals surface area contributed by atoms with Gasteiger partial charge in [-0.2, -0.15) is 0 Å². The lowest BCUT2D eigenvalue weighted by atomic mass is 9.98. The van der Waals surface area contributed by atoms with E-state index in [0.29, 0.717) is 17.5 Å². The van der Waals surface area contributed by atoms with Crippen molar-refractivity contribution >= 4 is 5.97 Å². The molecule has 2 rings (SSSR count). The molecule has 5 nitrogen and oxygen atoms in total. The van der Waals surface area contributed by atoms with Gasteiger partial charge in [0.15, 0.2) is 5.89 Å². The molecule has 0 saturated carbocycles. The van der Waals surface area contributed by atoms with Crippen molar-refractivity contribution in [2.45, 2.75) is 25.7 Å². The Morgan fingerprint density at radius 3 is 2.81 bits per heavy atom. The van der Waals surface area contributed by atoms with E-state index in [1.54, 1.807) is 6.92 Å². The molecule has 1 aromatic rings. The molecule has 1 aliphatic heterocycles. The van der Waals surface area contributed by atoms with Crippen molar-refractivity contribution in [3.05, 3.63) is 17.3 Å². The Morgan fingerprint density at radius 2 is 2.19 bits per heavy atom. The zero-order valence-electron chi connectivity index (χ0n) is 9.58. The highest BCUT2D eigenvalue weighted by molar-refractivity contribution is 5.87. The van der Waals surface area contributed by atoms with Crippen LogP contribution in [0, 0.1) is 6.92 Å². The van der Waals surface area contributed by atoms with Crippen LogP contribution in [0.1, 0.15) is 40.9 Å². The first-order valence-corrected chi connectivity index (χ1v) is 5.48. The van der Waals surface area contributed by atoms with E-state index in [0.717, 1.165) is 25.9 Å². The number of carbonyl (C=O) groups is 1. The van der Waals surface area contributed by atoms with Crippen LogP contribution in [-0.2, 0) is 4.74 Å². The van der Waals surface area contributed by atoms with Crippen molar-refractivity contribution in [1.29, 1.82) is 0 Å². The molecule has 0 atom stereocenters. The van der Waals surface area contributed by atoms with Crippen LogP contribution in [0.3, 0.4) is 0 Å². The zero-order chi connectivity index (χ0) is 11.5. The topological polar surface area (TPSA) is 64.4 Å². The largest absolute Gasteiger partial charge is 0.463 e. The molecule has 1 saturated heterocycles. The summed E-state index contributed by atoms with van der Waals surface area (Å²) < 4.78 is 10.1. The van der Waals surface area contributed by atoms with Crippen LogP contribution < -0.4 is 5.32 Å². The molecule has 1 aromatic heterocycles. The van der Waals surface area contributed by atoms with Gasteiger partial charge < -0.3 is 14.5 Å². The molecular formula is C11H16N2O3. The fourth-order valence-electron chi connectivity index (χ4n) is 1.94. The number of ether oxygens (including phenoxy) is 1. The number of methoxy groups -OCH3 is 1. The summed E-state index contributed by atoms with van der Waals surface area (Å²) in [7, 11) is 1.34. The normalized spacial score (nSPS) is 17.4. The number of nitrogens with zero attached hydrogens (tertiary/aromatic N) is 1. The number of hydrogen-bond donors (Lipinski definition) is 1. The quantitative estimate of drug-likeness (QED) is 0.765. The molecule has 1 aliphatic rings. The summed E-state index contributed by atoms with van der Waals surface area (Å²) in [4.78, 5) is 15.7. The number of piperidine rings is 1. The summed E-state index contributed by atoms with van der Waals surface area (Å²) in [6.07, 6.45) is 2.00. The molecule has 1 fully saturated rings. The molecule has 16 heavy (non-hydrogen) atoms. The van der Waals surface area contributed by atoms with Crippen LogP contribution in [0.25, 0.3) is 0 Å². The Hall–Kier alpha value is -1.36. The van der Waals surface area contributed by atoms with Crippen molar-refractivity contribution in [3.63, 3.8) is 0 Å². The van der Waals surface area contributed by atoms with Crippen LogP contribution >= 0.6 is 0 Å². The van der Waals surface area contributed by atoms with Crippen molar-refractivity contribution < 1.29 is 13.9 Å². The second-order valence-electron chi connectivity index (χ2n) is 3.98. The second-order valence-corrected chi connectivity index (χ2v) is 3.98. The Balaban J connectivity index is 2.19. The number of hydrogen-bond acceptors (Lipinski definition) is 5. The van der Waals surface area contributed by atoms with E-state index in [-0.39, 0.29) is 5.76 Å². The number of rotatable bonds is 2. The number of aryl methyl sites for hydroxylation is 1. The van der Waals surface area contributed by atoms with Gasteiger partial charge >= 0.3 is 5.97 Å². The smallest absolute Gasteiger partial charge is 0.375 e. The molecule has 1 N–H and O–H groups in total. The predicted octanol–water partition coefficient (Wildman–Crippen LogP) is 1.24. The van der Waals surface area contributed by atoms with Crippen molar-refractivity contribution in [2.75, 3.05) is 20.2 Å². The average Bonchev–Trinajstić information content (AvgIpc) is 2.71. The molecule has 0 radical (unpaired) electrons. The van der Waals surface area contributed by atoms with E-state index in [9.17, 15) is 4.79 Å². The zero-order valence-corrected chi connectivity index (χ0v) is 9.58.